The molecule has 1 aliphatic rings. The average molecular weight is 194 g/mol. The fraction of sp³-hybridized carbons (Fsp3) is 0.857. The third kappa shape index (κ3) is 3.78. The van der Waals surface area contributed by atoms with E-state index in [-0.39, 0.29) is 18.4 Å². The molecule has 1 fully saturated rings. The molecule has 1 heterocycles. The summed E-state index contributed by atoms with van der Waals surface area (Å²) in [5.41, 5.74) is 0. The number of carbonyl (C=O) groups is 1. The molecule has 0 aromatic carbocycles. The molecule has 0 aromatic heterocycles. The Balaban J connectivity index is 0.00000121. The molecule has 0 bridgehead atoms. The van der Waals surface area contributed by atoms with E-state index in [9.17, 15) is 4.79 Å². The van der Waals surface area contributed by atoms with Gasteiger partial charge in [0.1, 0.15) is 0 Å². The van der Waals surface area contributed by atoms with E-state index in [1.54, 1.807) is 0 Å². The number of rotatable bonds is 2. The van der Waals surface area contributed by atoms with Gasteiger partial charge in [0.05, 0.1) is 0 Å². The van der Waals surface area contributed by atoms with Crippen LogP contribution in [0.4, 0.5) is 4.79 Å². The van der Waals surface area contributed by atoms with Crippen LogP contribution in [0.5, 0.6) is 0 Å². The first kappa shape index (κ1) is 11.5. The van der Waals surface area contributed by atoms with Crippen molar-refractivity contribution in [2.45, 2.75) is 19.4 Å². The summed E-state index contributed by atoms with van der Waals surface area (Å²) in [7, 11) is 0. The molecule has 0 aliphatic carbocycles. The highest BCUT2D eigenvalue weighted by atomic mass is 35.5. The third-order valence-corrected chi connectivity index (χ3v) is 1.73. The number of hydrogen-bond donors (Lipinski definition) is 3. The summed E-state index contributed by atoms with van der Waals surface area (Å²) in [5, 5.41) is 8.74. The summed E-state index contributed by atoms with van der Waals surface area (Å²) in [4.78, 5) is 10.9. The van der Waals surface area contributed by atoms with Gasteiger partial charge in [-0.2, -0.15) is 0 Å². The molecule has 3 N–H and O–H groups in total. The van der Waals surface area contributed by atoms with E-state index in [1.807, 2.05) is 6.92 Å². The monoisotopic (exact) mass is 193 g/mol. The molecule has 5 heteroatoms. The molecule has 0 aromatic rings. The van der Waals surface area contributed by atoms with Crippen molar-refractivity contribution in [3.05, 3.63) is 0 Å². The second-order valence-electron chi connectivity index (χ2n) is 2.69. The summed E-state index contributed by atoms with van der Waals surface area (Å²) in [5.74, 6) is 0. The predicted octanol–water partition coefficient (Wildman–Crippen LogP) is 0.0892. The standard InChI is InChI=1S/C7H15N3O.ClH/c1-2-9-7(11)10-6-3-4-8-5-6;/h6,8H,2-5H2,1H3,(H2,9,10,11);1H. The molecule has 0 spiro atoms. The summed E-state index contributed by atoms with van der Waals surface area (Å²) in [6.45, 7) is 4.51. The zero-order valence-electron chi connectivity index (χ0n) is 7.22. The zero-order valence-corrected chi connectivity index (χ0v) is 8.04. The van der Waals surface area contributed by atoms with E-state index in [0.29, 0.717) is 12.6 Å². The highest BCUT2D eigenvalue weighted by molar-refractivity contribution is 5.85. The van der Waals surface area contributed by atoms with Crippen LogP contribution < -0.4 is 16.0 Å². The maximum Gasteiger partial charge on any atom is 0.315 e. The van der Waals surface area contributed by atoms with Crippen LogP contribution in [0.3, 0.4) is 0 Å². The van der Waals surface area contributed by atoms with E-state index in [0.717, 1.165) is 19.5 Å². The van der Waals surface area contributed by atoms with E-state index >= 15 is 0 Å². The van der Waals surface area contributed by atoms with Gasteiger partial charge in [-0.1, -0.05) is 0 Å². The lowest BCUT2D eigenvalue weighted by atomic mass is 10.3. The van der Waals surface area contributed by atoms with Gasteiger partial charge in [-0.05, 0) is 19.9 Å². The van der Waals surface area contributed by atoms with Crippen molar-refractivity contribution in [3.8, 4) is 0 Å². The fourth-order valence-corrected chi connectivity index (χ4v) is 1.17. The highest BCUT2D eigenvalue weighted by Crippen LogP contribution is 1.95. The van der Waals surface area contributed by atoms with Crippen LogP contribution in [-0.2, 0) is 0 Å². The summed E-state index contributed by atoms with van der Waals surface area (Å²) in [6, 6.07) is 0.266. The first-order valence-corrected chi connectivity index (χ1v) is 4.08. The van der Waals surface area contributed by atoms with Gasteiger partial charge in [0.15, 0.2) is 0 Å². The van der Waals surface area contributed by atoms with Crippen LogP contribution in [0.15, 0.2) is 0 Å². The topological polar surface area (TPSA) is 53.2 Å². The van der Waals surface area contributed by atoms with Gasteiger partial charge >= 0.3 is 6.03 Å². The number of halogens is 1. The smallest absolute Gasteiger partial charge is 0.315 e. The Hall–Kier alpha value is -0.480. The van der Waals surface area contributed by atoms with E-state index in [2.05, 4.69) is 16.0 Å². The van der Waals surface area contributed by atoms with Gasteiger partial charge in [0.2, 0.25) is 0 Å². The second kappa shape index (κ2) is 6.08. The van der Waals surface area contributed by atoms with Crippen molar-refractivity contribution in [3.63, 3.8) is 0 Å². The molecular formula is C7H16ClN3O. The van der Waals surface area contributed by atoms with Gasteiger partial charge in [-0.15, -0.1) is 12.4 Å². The van der Waals surface area contributed by atoms with Crippen molar-refractivity contribution >= 4 is 18.4 Å². The molecule has 1 unspecified atom stereocenters. The number of urea groups is 1. The quantitative estimate of drug-likeness (QED) is 0.582. The van der Waals surface area contributed by atoms with Gasteiger partial charge < -0.3 is 16.0 Å². The number of nitrogens with one attached hydrogen (secondary N) is 3. The van der Waals surface area contributed by atoms with E-state index < -0.39 is 0 Å². The second-order valence-corrected chi connectivity index (χ2v) is 2.69. The van der Waals surface area contributed by atoms with Crippen LogP contribution in [0.25, 0.3) is 0 Å². The Morgan fingerprint density at radius 3 is 2.92 bits per heavy atom. The summed E-state index contributed by atoms with van der Waals surface area (Å²) < 4.78 is 0. The number of hydrogen-bond acceptors (Lipinski definition) is 2. The normalized spacial score (nSPS) is 21.2. The van der Waals surface area contributed by atoms with Crippen molar-refractivity contribution in [1.82, 2.24) is 16.0 Å². The van der Waals surface area contributed by atoms with Gasteiger partial charge in [-0.25, -0.2) is 4.79 Å². The summed E-state index contributed by atoms with van der Waals surface area (Å²) >= 11 is 0. The number of carbonyl (C=O) groups excluding carboxylic acids is 1. The fourth-order valence-electron chi connectivity index (χ4n) is 1.17. The van der Waals surface area contributed by atoms with Crippen molar-refractivity contribution in [2.75, 3.05) is 19.6 Å². The Bertz CT molecular complexity index is 137. The molecule has 2 amide bonds. The van der Waals surface area contributed by atoms with Gasteiger partial charge in [0.25, 0.3) is 0 Å². The van der Waals surface area contributed by atoms with Crippen LogP contribution in [0.1, 0.15) is 13.3 Å². The molecule has 72 valence electrons. The Labute approximate surface area is 78.9 Å². The molecule has 1 aliphatic heterocycles. The first-order chi connectivity index (χ1) is 5.33. The molecule has 4 nitrogen and oxygen atoms in total. The van der Waals surface area contributed by atoms with Crippen LogP contribution in [0.2, 0.25) is 0 Å². The number of amides is 2. The van der Waals surface area contributed by atoms with Crippen molar-refractivity contribution < 1.29 is 4.79 Å². The average Bonchev–Trinajstić information content (AvgIpc) is 2.40. The molecule has 1 rings (SSSR count). The molecule has 0 saturated carbocycles. The molecular weight excluding hydrogens is 178 g/mol. The minimum atomic E-state index is -0.0544. The molecule has 0 radical (unpaired) electrons. The van der Waals surface area contributed by atoms with Gasteiger partial charge in [0, 0.05) is 19.1 Å². The maximum absolute atomic E-state index is 10.9. The van der Waals surface area contributed by atoms with Crippen LogP contribution in [-0.4, -0.2) is 31.7 Å². The minimum absolute atomic E-state index is 0. The van der Waals surface area contributed by atoms with Gasteiger partial charge in [-0.3, -0.25) is 0 Å². The largest absolute Gasteiger partial charge is 0.338 e. The SMILES string of the molecule is CCNC(=O)NC1CCNC1.Cl. The summed E-state index contributed by atoms with van der Waals surface area (Å²) in [6.07, 6.45) is 1.04. The lowest BCUT2D eigenvalue weighted by molar-refractivity contribution is 0.238. The Morgan fingerprint density at radius 2 is 2.42 bits per heavy atom. The van der Waals surface area contributed by atoms with Crippen molar-refractivity contribution in [1.29, 1.82) is 0 Å². The molecule has 12 heavy (non-hydrogen) atoms. The van der Waals surface area contributed by atoms with Crippen LogP contribution >= 0.6 is 12.4 Å². The molecule has 1 saturated heterocycles. The maximum atomic E-state index is 10.9. The zero-order chi connectivity index (χ0) is 8.10. The minimum Gasteiger partial charge on any atom is -0.338 e. The van der Waals surface area contributed by atoms with E-state index in [1.165, 1.54) is 0 Å². The lowest BCUT2D eigenvalue weighted by Gasteiger charge is -2.10. The Morgan fingerprint density at radius 1 is 1.67 bits per heavy atom. The highest BCUT2D eigenvalue weighted by Gasteiger charge is 2.15. The Kier molecular flexibility index (Phi) is 5.84. The lowest BCUT2D eigenvalue weighted by Crippen LogP contribution is -2.42. The predicted molar refractivity (Wildman–Crippen MR) is 50.7 cm³/mol. The van der Waals surface area contributed by atoms with Crippen molar-refractivity contribution in [2.24, 2.45) is 0 Å². The van der Waals surface area contributed by atoms with Crippen LogP contribution in [0, 0.1) is 0 Å². The third-order valence-electron chi connectivity index (χ3n) is 1.73. The van der Waals surface area contributed by atoms with E-state index in [4.69, 9.17) is 0 Å². The molecule has 1 atom stereocenters. The first-order valence-electron chi connectivity index (χ1n) is 4.08.